The van der Waals surface area contributed by atoms with E-state index in [-0.39, 0.29) is 6.04 Å². The molecule has 0 bridgehead atoms. The number of rotatable bonds is 5. The third-order valence-electron chi connectivity index (χ3n) is 3.12. The van der Waals surface area contributed by atoms with Gasteiger partial charge in [-0.05, 0) is 30.7 Å². The van der Waals surface area contributed by atoms with Crippen LogP contribution in [0.15, 0.2) is 30.5 Å². The minimum Gasteiger partial charge on any atom is -0.309 e. The van der Waals surface area contributed by atoms with Gasteiger partial charge in [0.1, 0.15) is 0 Å². The zero-order chi connectivity index (χ0) is 13.8. The molecule has 2 rings (SSSR count). The Morgan fingerprint density at radius 2 is 2.11 bits per heavy atom. The van der Waals surface area contributed by atoms with E-state index in [2.05, 4.69) is 17.3 Å². The summed E-state index contributed by atoms with van der Waals surface area (Å²) in [5.41, 5.74) is 2.18. The fraction of sp³-hybridized carbons (Fsp3) is 0.357. The number of hydrogen-bond acceptors (Lipinski definition) is 2. The molecular weight excluding hydrogens is 281 g/mol. The van der Waals surface area contributed by atoms with E-state index in [9.17, 15) is 0 Å². The van der Waals surface area contributed by atoms with Crippen LogP contribution in [0.1, 0.15) is 24.2 Å². The van der Waals surface area contributed by atoms with Gasteiger partial charge in [-0.15, -0.1) is 0 Å². The lowest BCUT2D eigenvalue weighted by atomic mass is 10.0. The lowest BCUT2D eigenvalue weighted by molar-refractivity contribution is 0.508. The molecule has 0 aliphatic carbocycles. The molecular formula is C14H17Cl2N3. The molecule has 102 valence electrons. The van der Waals surface area contributed by atoms with Gasteiger partial charge in [0.15, 0.2) is 0 Å². The summed E-state index contributed by atoms with van der Waals surface area (Å²) in [5.74, 6) is 0. The van der Waals surface area contributed by atoms with Crippen molar-refractivity contribution in [1.82, 2.24) is 15.1 Å². The summed E-state index contributed by atoms with van der Waals surface area (Å²) in [6, 6.07) is 7.93. The van der Waals surface area contributed by atoms with E-state index in [1.54, 1.807) is 12.3 Å². The maximum atomic E-state index is 6.26. The molecule has 0 radical (unpaired) electrons. The molecule has 0 amide bonds. The lowest BCUT2D eigenvalue weighted by Crippen LogP contribution is -2.25. The molecule has 0 saturated heterocycles. The maximum Gasteiger partial charge on any atom is 0.0625 e. The lowest BCUT2D eigenvalue weighted by Gasteiger charge is -2.19. The summed E-state index contributed by atoms with van der Waals surface area (Å²) >= 11 is 12.3. The molecule has 0 spiro atoms. The number of hydrogen-bond donors (Lipinski definition) is 1. The zero-order valence-corrected chi connectivity index (χ0v) is 12.5. The first-order valence-electron chi connectivity index (χ1n) is 6.27. The van der Waals surface area contributed by atoms with Gasteiger partial charge in [-0.25, -0.2) is 0 Å². The second-order valence-corrected chi connectivity index (χ2v) is 5.19. The number of nitrogens with one attached hydrogen (secondary N) is 1. The third kappa shape index (κ3) is 3.30. The van der Waals surface area contributed by atoms with Gasteiger partial charge in [-0.2, -0.15) is 5.10 Å². The Labute approximate surface area is 123 Å². The summed E-state index contributed by atoms with van der Waals surface area (Å²) in [5, 5.41) is 8.91. The van der Waals surface area contributed by atoms with Gasteiger partial charge >= 0.3 is 0 Å². The molecule has 0 aliphatic rings. The predicted octanol–water partition coefficient (Wildman–Crippen LogP) is 3.62. The number of aryl methyl sites for hydroxylation is 1. The Bertz CT molecular complexity index is 551. The predicted molar refractivity (Wildman–Crippen MR) is 79.8 cm³/mol. The Kier molecular flexibility index (Phi) is 4.86. The van der Waals surface area contributed by atoms with Crippen LogP contribution in [0.2, 0.25) is 10.0 Å². The molecule has 1 N–H and O–H groups in total. The Morgan fingerprint density at radius 3 is 2.74 bits per heavy atom. The highest BCUT2D eigenvalue weighted by atomic mass is 35.5. The fourth-order valence-corrected chi connectivity index (χ4v) is 2.58. The molecule has 1 atom stereocenters. The number of nitrogens with zero attached hydrogens (tertiary/aromatic N) is 2. The van der Waals surface area contributed by atoms with Gasteiger partial charge in [-0.3, -0.25) is 4.68 Å². The van der Waals surface area contributed by atoms with Crippen LogP contribution < -0.4 is 5.32 Å². The first kappa shape index (κ1) is 14.4. The molecule has 0 saturated carbocycles. The van der Waals surface area contributed by atoms with Crippen molar-refractivity contribution >= 4 is 23.2 Å². The van der Waals surface area contributed by atoms with E-state index < -0.39 is 0 Å². The molecule has 2 aromatic rings. The highest BCUT2D eigenvalue weighted by Crippen LogP contribution is 2.29. The fourth-order valence-electron chi connectivity index (χ4n) is 2.18. The minimum atomic E-state index is 0.175. The first-order chi connectivity index (χ1) is 9.13. The molecule has 1 aromatic carbocycles. The van der Waals surface area contributed by atoms with E-state index >= 15 is 0 Å². The van der Waals surface area contributed by atoms with Crippen molar-refractivity contribution < 1.29 is 0 Å². The molecule has 5 heteroatoms. The molecule has 0 fully saturated rings. The van der Waals surface area contributed by atoms with Crippen LogP contribution >= 0.6 is 23.2 Å². The average Bonchev–Trinajstić information content (AvgIpc) is 2.80. The topological polar surface area (TPSA) is 29.9 Å². The van der Waals surface area contributed by atoms with Gasteiger partial charge in [0.2, 0.25) is 0 Å². The van der Waals surface area contributed by atoms with Crippen molar-refractivity contribution in [3.63, 3.8) is 0 Å². The Balaban J connectivity index is 2.27. The summed E-state index contributed by atoms with van der Waals surface area (Å²) < 4.78 is 1.88. The Morgan fingerprint density at radius 1 is 1.32 bits per heavy atom. The van der Waals surface area contributed by atoms with Crippen LogP contribution in [0.3, 0.4) is 0 Å². The van der Waals surface area contributed by atoms with Crippen LogP contribution in [0.4, 0.5) is 0 Å². The quantitative estimate of drug-likeness (QED) is 0.913. The van der Waals surface area contributed by atoms with Gasteiger partial charge in [0, 0.05) is 13.2 Å². The van der Waals surface area contributed by atoms with Crippen molar-refractivity contribution in [1.29, 1.82) is 0 Å². The highest BCUT2D eigenvalue weighted by molar-refractivity contribution is 6.42. The molecule has 3 nitrogen and oxygen atoms in total. The van der Waals surface area contributed by atoms with Crippen LogP contribution in [0, 0.1) is 0 Å². The zero-order valence-electron chi connectivity index (χ0n) is 11.0. The van der Waals surface area contributed by atoms with Crippen LogP contribution in [-0.2, 0) is 13.5 Å². The third-order valence-corrected chi connectivity index (χ3v) is 3.98. The summed E-state index contributed by atoms with van der Waals surface area (Å²) in [4.78, 5) is 0. The van der Waals surface area contributed by atoms with E-state index in [0.717, 1.165) is 24.2 Å². The van der Waals surface area contributed by atoms with Crippen molar-refractivity contribution in [2.24, 2.45) is 7.05 Å². The maximum absolute atomic E-state index is 6.26. The number of halogens is 2. The minimum absolute atomic E-state index is 0.175. The molecule has 0 aliphatic heterocycles. The van der Waals surface area contributed by atoms with Crippen molar-refractivity contribution in [3.05, 3.63) is 51.8 Å². The van der Waals surface area contributed by atoms with Gasteiger partial charge in [0.25, 0.3) is 0 Å². The summed E-state index contributed by atoms with van der Waals surface area (Å²) in [7, 11) is 1.94. The van der Waals surface area contributed by atoms with Crippen molar-refractivity contribution in [2.75, 3.05) is 6.54 Å². The monoisotopic (exact) mass is 297 g/mol. The molecule has 1 aromatic heterocycles. The summed E-state index contributed by atoms with van der Waals surface area (Å²) in [6.07, 6.45) is 2.59. The number of aromatic nitrogens is 2. The summed E-state index contributed by atoms with van der Waals surface area (Å²) in [6.45, 7) is 2.97. The Hall–Kier alpha value is -1.03. The van der Waals surface area contributed by atoms with E-state index in [0.29, 0.717) is 10.0 Å². The largest absolute Gasteiger partial charge is 0.309 e. The van der Waals surface area contributed by atoms with Crippen molar-refractivity contribution in [2.45, 2.75) is 19.4 Å². The van der Waals surface area contributed by atoms with Gasteiger partial charge in [-0.1, -0.05) is 42.3 Å². The first-order valence-corrected chi connectivity index (χ1v) is 7.03. The molecule has 19 heavy (non-hydrogen) atoms. The number of benzene rings is 1. The van der Waals surface area contributed by atoms with E-state index in [1.165, 1.54) is 0 Å². The van der Waals surface area contributed by atoms with Crippen LogP contribution in [0.5, 0.6) is 0 Å². The van der Waals surface area contributed by atoms with Crippen molar-refractivity contribution in [3.8, 4) is 0 Å². The molecule has 1 heterocycles. The van der Waals surface area contributed by atoms with Gasteiger partial charge in [0.05, 0.1) is 21.8 Å². The molecule has 1 unspecified atom stereocenters. The average molecular weight is 298 g/mol. The number of likely N-dealkylation sites (N-methyl/N-ethyl adjacent to an activating group) is 1. The smallest absolute Gasteiger partial charge is 0.0625 e. The second-order valence-electron chi connectivity index (χ2n) is 4.41. The SMILES string of the molecule is CCNC(Cc1cccc(Cl)c1Cl)c1ccnn1C. The highest BCUT2D eigenvalue weighted by Gasteiger charge is 2.16. The van der Waals surface area contributed by atoms with E-state index in [1.807, 2.05) is 29.9 Å². The van der Waals surface area contributed by atoms with Crippen LogP contribution in [0.25, 0.3) is 0 Å². The second kappa shape index (κ2) is 6.42. The standard InChI is InChI=1S/C14H17Cl2N3/c1-3-17-12(13-7-8-18-19(13)2)9-10-5-4-6-11(15)14(10)16/h4-8,12,17H,3,9H2,1-2H3. The van der Waals surface area contributed by atoms with Gasteiger partial charge < -0.3 is 5.32 Å². The van der Waals surface area contributed by atoms with Crippen LogP contribution in [-0.4, -0.2) is 16.3 Å². The normalized spacial score (nSPS) is 12.6. The van der Waals surface area contributed by atoms with E-state index in [4.69, 9.17) is 23.2 Å².